The lowest BCUT2D eigenvalue weighted by atomic mass is 10.2. The van der Waals surface area contributed by atoms with Crippen LogP contribution in [0.25, 0.3) is 0 Å². The molecule has 0 aromatic heterocycles. The van der Waals surface area contributed by atoms with E-state index in [1.165, 1.54) is 19.3 Å². The zero-order chi connectivity index (χ0) is 12.3. The Morgan fingerprint density at radius 3 is 2.94 bits per heavy atom. The van der Waals surface area contributed by atoms with Crippen LogP contribution >= 0.6 is 0 Å². The van der Waals surface area contributed by atoms with Crippen LogP contribution in [0.3, 0.4) is 0 Å². The van der Waals surface area contributed by atoms with Gasteiger partial charge in [-0.15, -0.1) is 0 Å². The van der Waals surface area contributed by atoms with E-state index in [1.807, 2.05) is 12.1 Å². The molecule has 94 valence electrons. The number of benzene rings is 1. The van der Waals surface area contributed by atoms with Crippen molar-refractivity contribution in [1.29, 1.82) is 0 Å². The summed E-state index contributed by atoms with van der Waals surface area (Å²) < 4.78 is 5.02. The lowest BCUT2D eigenvalue weighted by Crippen LogP contribution is -2.17. The Morgan fingerprint density at radius 1 is 1.47 bits per heavy atom. The van der Waals surface area contributed by atoms with E-state index in [0.717, 1.165) is 18.0 Å². The van der Waals surface area contributed by atoms with Crippen LogP contribution in [0.15, 0.2) is 18.2 Å². The van der Waals surface area contributed by atoms with Gasteiger partial charge in [-0.2, -0.15) is 0 Å². The molecule has 1 aromatic rings. The van der Waals surface area contributed by atoms with Gasteiger partial charge in [-0.1, -0.05) is 19.4 Å². The molecule has 2 rings (SSSR count). The third-order valence-electron chi connectivity index (χ3n) is 3.39. The van der Waals surface area contributed by atoms with Gasteiger partial charge in [0.25, 0.3) is 0 Å². The van der Waals surface area contributed by atoms with Gasteiger partial charge in [0.1, 0.15) is 0 Å². The van der Waals surface area contributed by atoms with Crippen molar-refractivity contribution >= 4 is 0 Å². The highest BCUT2D eigenvalue weighted by Crippen LogP contribution is 2.35. The second kappa shape index (κ2) is 5.41. The molecule has 1 aliphatic carbocycles. The monoisotopic (exact) mass is 235 g/mol. The van der Waals surface area contributed by atoms with Crippen molar-refractivity contribution < 1.29 is 9.84 Å². The van der Waals surface area contributed by atoms with Gasteiger partial charge in [-0.05, 0) is 36.5 Å². The summed E-state index contributed by atoms with van der Waals surface area (Å²) in [6.07, 6.45) is 3.90. The maximum atomic E-state index is 9.66. The molecule has 0 aliphatic heterocycles. The molecule has 17 heavy (non-hydrogen) atoms. The van der Waals surface area contributed by atoms with E-state index in [0.29, 0.717) is 11.8 Å². The van der Waals surface area contributed by atoms with Gasteiger partial charge in [0.2, 0.25) is 0 Å². The first-order valence-electron chi connectivity index (χ1n) is 6.33. The first-order valence-corrected chi connectivity index (χ1v) is 6.33. The zero-order valence-corrected chi connectivity index (χ0v) is 10.6. The SMILES string of the molecule is CCCC1CC1NCc1ccc(OC)c(O)c1. The summed E-state index contributed by atoms with van der Waals surface area (Å²) in [5.41, 5.74) is 1.10. The number of nitrogens with one attached hydrogen (secondary N) is 1. The summed E-state index contributed by atoms with van der Waals surface area (Å²) in [7, 11) is 1.56. The van der Waals surface area contributed by atoms with Crippen molar-refractivity contribution in [1.82, 2.24) is 5.32 Å². The Hall–Kier alpha value is -1.22. The normalized spacial score (nSPS) is 22.5. The lowest BCUT2D eigenvalue weighted by molar-refractivity contribution is 0.373. The van der Waals surface area contributed by atoms with E-state index in [2.05, 4.69) is 12.2 Å². The van der Waals surface area contributed by atoms with Crippen molar-refractivity contribution in [2.24, 2.45) is 5.92 Å². The molecule has 1 fully saturated rings. The quantitative estimate of drug-likeness (QED) is 0.796. The molecular formula is C14H21NO2. The summed E-state index contributed by atoms with van der Waals surface area (Å²) in [5.74, 6) is 1.61. The second-order valence-electron chi connectivity index (χ2n) is 4.78. The van der Waals surface area contributed by atoms with Gasteiger partial charge >= 0.3 is 0 Å². The Morgan fingerprint density at radius 2 is 2.29 bits per heavy atom. The van der Waals surface area contributed by atoms with E-state index in [9.17, 15) is 5.11 Å². The van der Waals surface area contributed by atoms with Crippen LogP contribution in [0.5, 0.6) is 11.5 Å². The van der Waals surface area contributed by atoms with Crippen LogP contribution < -0.4 is 10.1 Å². The number of phenols is 1. The number of ether oxygens (including phenoxy) is 1. The molecule has 1 aliphatic rings. The third-order valence-corrected chi connectivity index (χ3v) is 3.39. The smallest absolute Gasteiger partial charge is 0.160 e. The summed E-state index contributed by atoms with van der Waals surface area (Å²) in [6.45, 7) is 3.05. The molecule has 0 spiro atoms. The predicted octanol–water partition coefficient (Wildman–Crippen LogP) is 2.68. The van der Waals surface area contributed by atoms with Gasteiger partial charge in [0, 0.05) is 12.6 Å². The molecule has 3 heteroatoms. The predicted molar refractivity (Wildman–Crippen MR) is 68.3 cm³/mol. The van der Waals surface area contributed by atoms with Crippen LogP contribution in [0.1, 0.15) is 31.7 Å². The number of phenolic OH excluding ortho intramolecular Hbond substituents is 1. The largest absolute Gasteiger partial charge is 0.504 e. The molecule has 0 bridgehead atoms. The van der Waals surface area contributed by atoms with Crippen molar-refractivity contribution in [3.05, 3.63) is 23.8 Å². The van der Waals surface area contributed by atoms with Crippen molar-refractivity contribution in [3.63, 3.8) is 0 Å². The molecule has 3 nitrogen and oxygen atoms in total. The topological polar surface area (TPSA) is 41.5 Å². The van der Waals surface area contributed by atoms with Gasteiger partial charge < -0.3 is 15.2 Å². The molecule has 0 radical (unpaired) electrons. The first kappa shape index (κ1) is 12.2. The highest BCUT2D eigenvalue weighted by molar-refractivity contribution is 5.41. The first-order chi connectivity index (χ1) is 8.24. The van der Waals surface area contributed by atoms with Gasteiger partial charge in [0.15, 0.2) is 11.5 Å². The minimum absolute atomic E-state index is 0.215. The molecule has 1 aromatic carbocycles. The van der Waals surface area contributed by atoms with E-state index in [1.54, 1.807) is 13.2 Å². The summed E-state index contributed by atoms with van der Waals surface area (Å²) in [6, 6.07) is 6.24. The minimum atomic E-state index is 0.215. The number of methoxy groups -OCH3 is 1. The van der Waals surface area contributed by atoms with Crippen LogP contribution in [0.4, 0.5) is 0 Å². The van der Waals surface area contributed by atoms with Crippen molar-refractivity contribution in [2.45, 2.75) is 38.8 Å². The van der Waals surface area contributed by atoms with E-state index in [4.69, 9.17) is 4.74 Å². The van der Waals surface area contributed by atoms with Crippen LogP contribution in [0.2, 0.25) is 0 Å². The maximum absolute atomic E-state index is 9.66. The van der Waals surface area contributed by atoms with Crippen LogP contribution in [-0.2, 0) is 6.54 Å². The number of aromatic hydroxyl groups is 1. The Balaban J connectivity index is 1.82. The molecule has 0 heterocycles. The minimum Gasteiger partial charge on any atom is -0.504 e. The number of hydrogen-bond donors (Lipinski definition) is 2. The summed E-state index contributed by atoms with van der Waals surface area (Å²) in [4.78, 5) is 0. The molecule has 1 saturated carbocycles. The Kier molecular flexibility index (Phi) is 3.89. The summed E-state index contributed by atoms with van der Waals surface area (Å²) in [5, 5.41) is 13.2. The second-order valence-corrected chi connectivity index (χ2v) is 4.78. The Labute approximate surface area is 103 Å². The fourth-order valence-electron chi connectivity index (χ4n) is 2.28. The van der Waals surface area contributed by atoms with Crippen LogP contribution in [0, 0.1) is 5.92 Å². The molecular weight excluding hydrogens is 214 g/mol. The fourth-order valence-corrected chi connectivity index (χ4v) is 2.28. The van der Waals surface area contributed by atoms with E-state index in [-0.39, 0.29) is 5.75 Å². The lowest BCUT2D eigenvalue weighted by Gasteiger charge is -2.07. The molecule has 2 N–H and O–H groups in total. The molecule has 0 amide bonds. The number of hydrogen-bond acceptors (Lipinski definition) is 3. The molecule has 2 atom stereocenters. The standard InChI is InChI=1S/C14H21NO2/c1-3-4-11-8-12(11)15-9-10-5-6-14(17-2)13(16)7-10/h5-7,11-12,15-16H,3-4,8-9H2,1-2H3. The van der Waals surface area contributed by atoms with Crippen LogP contribution in [-0.4, -0.2) is 18.3 Å². The van der Waals surface area contributed by atoms with Crippen molar-refractivity contribution in [3.8, 4) is 11.5 Å². The highest BCUT2D eigenvalue weighted by Gasteiger charge is 2.35. The van der Waals surface area contributed by atoms with E-state index < -0.39 is 0 Å². The number of rotatable bonds is 6. The third kappa shape index (κ3) is 3.13. The average Bonchev–Trinajstić information content (AvgIpc) is 3.06. The van der Waals surface area contributed by atoms with E-state index >= 15 is 0 Å². The highest BCUT2D eigenvalue weighted by atomic mass is 16.5. The fraction of sp³-hybridized carbons (Fsp3) is 0.571. The average molecular weight is 235 g/mol. The Bertz CT molecular complexity index is 378. The van der Waals surface area contributed by atoms with Crippen molar-refractivity contribution in [2.75, 3.05) is 7.11 Å². The van der Waals surface area contributed by atoms with Gasteiger partial charge in [0.05, 0.1) is 7.11 Å². The summed E-state index contributed by atoms with van der Waals surface area (Å²) >= 11 is 0. The maximum Gasteiger partial charge on any atom is 0.160 e. The van der Waals surface area contributed by atoms with Gasteiger partial charge in [-0.3, -0.25) is 0 Å². The molecule has 2 unspecified atom stereocenters. The van der Waals surface area contributed by atoms with Gasteiger partial charge in [-0.25, -0.2) is 0 Å². The molecule has 0 saturated heterocycles. The zero-order valence-electron chi connectivity index (χ0n) is 10.6.